The van der Waals surface area contributed by atoms with Gasteiger partial charge < -0.3 is 15.4 Å². The van der Waals surface area contributed by atoms with Crippen LogP contribution in [0.1, 0.15) is 45.6 Å². The number of nitrogens with zero attached hydrogens (tertiary/aromatic N) is 1. The summed E-state index contributed by atoms with van der Waals surface area (Å²) in [5.41, 5.74) is 1.10. The maximum Gasteiger partial charge on any atom is 0.213 e. The molecule has 1 heterocycles. The molecular formula is C21H37IN4O3S. The van der Waals surface area contributed by atoms with Gasteiger partial charge in [0.1, 0.15) is 0 Å². The van der Waals surface area contributed by atoms with Crippen LogP contribution >= 0.6 is 24.0 Å². The zero-order valence-corrected chi connectivity index (χ0v) is 21.5. The lowest BCUT2D eigenvalue weighted by Crippen LogP contribution is -2.43. The maximum absolute atomic E-state index is 12.2. The minimum absolute atomic E-state index is 0. The Hall–Kier alpha value is -0.910. The Morgan fingerprint density at radius 1 is 1.20 bits per heavy atom. The SMILES string of the molecule is CCNC(=NCC(C)(C)c1ccccc1)NCCS(=O)(=O)NCC1CCCCO1.I. The molecule has 1 unspecified atom stereocenters. The highest BCUT2D eigenvalue weighted by Crippen LogP contribution is 2.22. The Morgan fingerprint density at radius 3 is 2.57 bits per heavy atom. The molecule has 9 heteroatoms. The predicted octanol–water partition coefficient (Wildman–Crippen LogP) is 2.63. The summed E-state index contributed by atoms with van der Waals surface area (Å²) in [6.45, 7) is 8.95. The fraction of sp³-hybridized carbons (Fsp3) is 0.667. The molecule has 1 aromatic rings. The number of sulfonamides is 1. The summed E-state index contributed by atoms with van der Waals surface area (Å²) in [6, 6.07) is 10.3. The van der Waals surface area contributed by atoms with Crippen LogP contribution in [0, 0.1) is 0 Å². The monoisotopic (exact) mass is 552 g/mol. The van der Waals surface area contributed by atoms with E-state index in [1.165, 1.54) is 5.56 Å². The van der Waals surface area contributed by atoms with Crippen molar-refractivity contribution in [3.63, 3.8) is 0 Å². The number of ether oxygens (including phenoxy) is 1. The largest absolute Gasteiger partial charge is 0.377 e. The summed E-state index contributed by atoms with van der Waals surface area (Å²) in [5, 5.41) is 6.31. The molecule has 1 aliphatic rings. The lowest BCUT2D eigenvalue weighted by atomic mass is 9.85. The van der Waals surface area contributed by atoms with Crippen molar-refractivity contribution in [3.05, 3.63) is 35.9 Å². The van der Waals surface area contributed by atoms with Crippen LogP contribution in [0.3, 0.4) is 0 Å². The first-order valence-electron chi connectivity index (χ1n) is 10.5. The van der Waals surface area contributed by atoms with E-state index in [9.17, 15) is 8.42 Å². The summed E-state index contributed by atoms with van der Waals surface area (Å²) in [4.78, 5) is 4.66. The molecule has 0 aliphatic carbocycles. The van der Waals surface area contributed by atoms with Crippen LogP contribution in [0.2, 0.25) is 0 Å². The highest BCUT2D eigenvalue weighted by Gasteiger charge is 2.20. The molecule has 1 saturated heterocycles. The predicted molar refractivity (Wildman–Crippen MR) is 134 cm³/mol. The molecule has 3 N–H and O–H groups in total. The second-order valence-corrected chi connectivity index (χ2v) is 9.95. The molecule has 1 aliphatic heterocycles. The molecule has 172 valence electrons. The summed E-state index contributed by atoms with van der Waals surface area (Å²) in [6.07, 6.45) is 3.05. The molecule has 0 amide bonds. The first-order chi connectivity index (χ1) is 13.8. The average molecular weight is 553 g/mol. The minimum Gasteiger partial charge on any atom is -0.377 e. The molecule has 30 heavy (non-hydrogen) atoms. The highest BCUT2D eigenvalue weighted by molar-refractivity contribution is 14.0. The summed E-state index contributed by atoms with van der Waals surface area (Å²) < 4.78 is 32.7. The van der Waals surface area contributed by atoms with Crippen LogP contribution in [-0.4, -0.2) is 59.0 Å². The molecule has 1 atom stereocenters. The number of rotatable bonds is 10. The van der Waals surface area contributed by atoms with E-state index in [2.05, 4.69) is 46.3 Å². The van der Waals surface area contributed by atoms with Crippen LogP contribution < -0.4 is 15.4 Å². The van der Waals surface area contributed by atoms with Crippen molar-refractivity contribution in [1.29, 1.82) is 0 Å². The highest BCUT2D eigenvalue weighted by atomic mass is 127. The fourth-order valence-corrected chi connectivity index (χ4v) is 4.12. The molecule has 2 rings (SSSR count). The lowest BCUT2D eigenvalue weighted by molar-refractivity contribution is 0.0200. The summed E-state index contributed by atoms with van der Waals surface area (Å²) in [5.74, 6) is 0.619. The molecule has 7 nitrogen and oxygen atoms in total. The van der Waals surface area contributed by atoms with Gasteiger partial charge in [0.15, 0.2) is 5.96 Å². The quantitative estimate of drug-likeness (QED) is 0.236. The van der Waals surface area contributed by atoms with Crippen molar-refractivity contribution in [2.45, 2.75) is 51.6 Å². The Morgan fingerprint density at radius 2 is 1.93 bits per heavy atom. The molecule has 0 saturated carbocycles. The number of nitrogens with one attached hydrogen (secondary N) is 3. The normalized spacial score (nSPS) is 17.8. The van der Waals surface area contributed by atoms with Gasteiger partial charge in [-0.15, -0.1) is 24.0 Å². The van der Waals surface area contributed by atoms with Crippen molar-refractivity contribution in [3.8, 4) is 0 Å². The minimum atomic E-state index is -3.35. The molecule has 0 radical (unpaired) electrons. The van der Waals surface area contributed by atoms with Crippen LogP contribution in [-0.2, 0) is 20.2 Å². The second-order valence-electron chi connectivity index (χ2n) is 8.03. The first-order valence-corrected chi connectivity index (χ1v) is 12.1. The molecular weight excluding hydrogens is 515 g/mol. The van der Waals surface area contributed by atoms with Crippen LogP contribution in [0.25, 0.3) is 0 Å². The van der Waals surface area contributed by atoms with Crippen LogP contribution in [0.15, 0.2) is 35.3 Å². The Kier molecular flexibility index (Phi) is 12.2. The average Bonchev–Trinajstić information content (AvgIpc) is 2.72. The van der Waals surface area contributed by atoms with Crippen LogP contribution in [0.5, 0.6) is 0 Å². The van der Waals surface area contributed by atoms with Gasteiger partial charge in [0.25, 0.3) is 0 Å². The number of guanidine groups is 1. The molecule has 0 spiro atoms. The lowest BCUT2D eigenvalue weighted by Gasteiger charge is -2.24. The van der Waals surface area contributed by atoms with E-state index in [4.69, 9.17) is 4.74 Å². The van der Waals surface area contributed by atoms with E-state index < -0.39 is 10.0 Å². The van der Waals surface area contributed by atoms with Crippen molar-refractivity contribution in [1.82, 2.24) is 15.4 Å². The standard InChI is InChI=1S/C21H36N4O3S.HI/c1-4-22-20(24-17-21(2,3)18-10-6-5-7-11-18)23-13-15-29(26,27)25-16-19-12-8-9-14-28-19;/h5-7,10-11,19,25H,4,8-9,12-17H2,1-3H3,(H2,22,23,24);1H. The van der Waals surface area contributed by atoms with Gasteiger partial charge in [0.2, 0.25) is 10.0 Å². The van der Waals surface area contributed by atoms with E-state index in [0.717, 1.165) is 25.9 Å². The molecule has 0 aromatic heterocycles. The van der Waals surface area contributed by atoms with Gasteiger partial charge in [-0.1, -0.05) is 44.2 Å². The third kappa shape index (κ3) is 9.93. The summed E-state index contributed by atoms with van der Waals surface area (Å²) >= 11 is 0. The topological polar surface area (TPSA) is 91.8 Å². The molecule has 1 aromatic carbocycles. The number of hydrogen-bond donors (Lipinski definition) is 3. The smallest absolute Gasteiger partial charge is 0.213 e. The zero-order chi connectivity index (χ0) is 21.2. The van der Waals surface area contributed by atoms with Crippen molar-refractivity contribution >= 4 is 40.0 Å². The first kappa shape index (κ1) is 27.1. The molecule has 1 fully saturated rings. The van der Waals surface area contributed by atoms with Crippen LogP contribution in [0.4, 0.5) is 0 Å². The maximum atomic E-state index is 12.2. The van der Waals surface area contributed by atoms with Gasteiger partial charge in [0, 0.05) is 31.7 Å². The van der Waals surface area contributed by atoms with Gasteiger partial charge in [0.05, 0.1) is 18.4 Å². The Bertz CT molecular complexity index is 736. The second kappa shape index (κ2) is 13.5. The number of aliphatic imine (C=N–C) groups is 1. The number of benzene rings is 1. The van der Waals surface area contributed by atoms with Gasteiger partial charge in [-0.3, -0.25) is 4.99 Å². The van der Waals surface area contributed by atoms with Gasteiger partial charge in [-0.25, -0.2) is 13.1 Å². The van der Waals surface area contributed by atoms with Crippen molar-refractivity contribution < 1.29 is 13.2 Å². The van der Waals surface area contributed by atoms with E-state index in [1.807, 2.05) is 25.1 Å². The Labute approximate surface area is 198 Å². The third-order valence-corrected chi connectivity index (χ3v) is 6.35. The van der Waals surface area contributed by atoms with E-state index in [1.54, 1.807) is 0 Å². The van der Waals surface area contributed by atoms with E-state index in [0.29, 0.717) is 32.1 Å². The third-order valence-electron chi connectivity index (χ3n) is 5.00. The van der Waals surface area contributed by atoms with E-state index in [-0.39, 0.29) is 41.2 Å². The van der Waals surface area contributed by atoms with Gasteiger partial charge in [-0.2, -0.15) is 0 Å². The Balaban J connectivity index is 0.00000450. The van der Waals surface area contributed by atoms with Crippen molar-refractivity contribution in [2.75, 3.05) is 38.5 Å². The van der Waals surface area contributed by atoms with Crippen molar-refractivity contribution in [2.24, 2.45) is 4.99 Å². The zero-order valence-electron chi connectivity index (χ0n) is 18.3. The van der Waals surface area contributed by atoms with Gasteiger partial charge >= 0.3 is 0 Å². The summed E-state index contributed by atoms with van der Waals surface area (Å²) in [7, 11) is -3.35. The van der Waals surface area contributed by atoms with Gasteiger partial charge in [-0.05, 0) is 31.7 Å². The number of halogens is 1. The number of hydrogen-bond acceptors (Lipinski definition) is 4. The molecule has 0 bridgehead atoms. The van der Waals surface area contributed by atoms with E-state index >= 15 is 0 Å². The fourth-order valence-electron chi connectivity index (χ4n) is 3.16.